The molecule has 0 saturated carbocycles. The smallest absolute Gasteiger partial charge is 0.332 e. The van der Waals surface area contributed by atoms with Gasteiger partial charge in [0.05, 0.1) is 23.2 Å². The van der Waals surface area contributed by atoms with Gasteiger partial charge in [-0.2, -0.15) is 0 Å². The van der Waals surface area contributed by atoms with E-state index in [1.807, 2.05) is 30.3 Å². The number of nitrogens with zero attached hydrogens (tertiary/aromatic N) is 5. The van der Waals surface area contributed by atoms with Crippen LogP contribution < -0.4 is 10.2 Å². The number of para-hydroxylation sites is 1. The molecule has 1 unspecified atom stereocenters. The van der Waals surface area contributed by atoms with Crippen molar-refractivity contribution in [2.24, 2.45) is 0 Å². The van der Waals surface area contributed by atoms with E-state index in [4.69, 9.17) is 0 Å². The Morgan fingerprint density at radius 3 is 2.59 bits per heavy atom. The number of benzene rings is 1. The minimum Gasteiger partial charge on any atom is -0.390 e. The van der Waals surface area contributed by atoms with E-state index in [2.05, 4.69) is 25.1 Å². The molecule has 1 fully saturated rings. The van der Waals surface area contributed by atoms with E-state index in [-0.39, 0.29) is 12.6 Å². The SMILES string of the molecule is O=C1Nc2ccccc2SN1CC(O)CN1CCN(c2ncccn2)CC1. The third-order valence-electron chi connectivity index (χ3n) is 4.62. The van der Waals surface area contributed by atoms with E-state index in [9.17, 15) is 9.90 Å². The first-order valence-corrected chi connectivity index (χ1v) is 9.74. The van der Waals surface area contributed by atoms with E-state index in [0.717, 1.165) is 42.7 Å². The lowest BCUT2D eigenvalue weighted by molar-refractivity contribution is 0.0981. The normalized spacial score (nSPS) is 18.8. The summed E-state index contributed by atoms with van der Waals surface area (Å²) < 4.78 is 1.58. The van der Waals surface area contributed by atoms with Gasteiger partial charge >= 0.3 is 6.03 Å². The molecule has 1 aromatic heterocycles. The number of nitrogens with one attached hydrogen (secondary N) is 1. The summed E-state index contributed by atoms with van der Waals surface area (Å²) in [6.45, 7) is 4.13. The number of carbonyl (C=O) groups is 1. The summed E-state index contributed by atoms with van der Waals surface area (Å²) in [7, 11) is 0. The molecule has 8 nitrogen and oxygen atoms in total. The van der Waals surface area contributed by atoms with E-state index in [1.54, 1.807) is 16.7 Å². The predicted molar refractivity (Wildman–Crippen MR) is 105 cm³/mol. The van der Waals surface area contributed by atoms with Gasteiger partial charge in [-0.05, 0) is 30.1 Å². The highest BCUT2D eigenvalue weighted by molar-refractivity contribution is 7.97. The van der Waals surface area contributed by atoms with Crippen LogP contribution >= 0.6 is 11.9 Å². The molecule has 9 heteroatoms. The van der Waals surface area contributed by atoms with Crippen molar-refractivity contribution in [1.82, 2.24) is 19.2 Å². The molecular weight excluding hydrogens is 364 g/mol. The number of aromatic nitrogens is 2. The molecule has 0 aliphatic carbocycles. The van der Waals surface area contributed by atoms with Crippen LogP contribution in [0.2, 0.25) is 0 Å². The van der Waals surface area contributed by atoms with Gasteiger partial charge in [-0.15, -0.1) is 0 Å². The van der Waals surface area contributed by atoms with Crippen molar-refractivity contribution in [2.45, 2.75) is 11.0 Å². The second-order valence-corrected chi connectivity index (χ2v) is 7.63. The largest absolute Gasteiger partial charge is 0.390 e. The van der Waals surface area contributed by atoms with Gasteiger partial charge in [0.1, 0.15) is 0 Å². The van der Waals surface area contributed by atoms with Crippen LogP contribution in [0.25, 0.3) is 0 Å². The molecular formula is C18H22N6O2S. The Balaban J connectivity index is 1.27. The van der Waals surface area contributed by atoms with Gasteiger partial charge in [-0.3, -0.25) is 9.21 Å². The summed E-state index contributed by atoms with van der Waals surface area (Å²) in [5, 5.41) is 13.4. The van der Waals surface area contributed by atoms with Gasteiger partial charge in [-0.25, -0.2) is 14.8 Å². The van der Waals surface area contributed by atoms with Crippen LogP contribution in [0.5, 0.6) is 0 Å². The highest BCUT2D eigenvalue weighted by Gasteiger charge is 2.27. The van der Waals surface area contributed by atoms with E-state index >= 15 is 0 Å². The molecule has 1 atom stereocenters. The van der Waals surface area contributed by atoms with Gasteiger partial charge in [-0.1, -0.05) is 12.1 Å². The zero-order chi connectivity index (χ0) is 18.6. The summed E-state index contributed by atoms with van der Waals surface area (Å²) in [5.74, 6) is 0.748. The zero-order valence-corrected chi connectivity index (χ0v) is 15.7. The van der Waals surface area contributed by atoms with Crippen molar-refractivity contribution >= 4 is 29.6 Å². The highest BCUT2D eigenvalue weighted by atomic mass is 32.2. The first-order valence-electron chi connectivity index (χ1n) is 8.97. The number of aliphatic hydroxyl groups excluding tert-OH is 1. The molecule has 142 valence electrons. The van der Waals surface area contributed by atoms with Crippen LogP contribution in [0.1, 0.15) is 0 Å². The lowest BCUT2D eigenvalue weighted by Gasteiger charge is -2.36. The number of rotatable bonds is 5. The number of carbonyl (C=O) groups excluding carboxylic acids is 1. The molecule has 1 aromatic carbocycles. The standard InChI is InChI=1S/C18H22N6O2S/c25-14(13-24-18(26)21-15-4-1-2-5-16(15)27-24)12-22-8-10-23(11-9-22)17-19-6-3-7-20-17/h1-7,14,25H,8-13H2,(H,21,26). The summed E-state index contributed by atoms with van der Waals surface area (Å²) in [6.07, 6.45) is 2.89. The lowest BCUT2D eigenvalue weighted by Crippen LogP contribution is -2.50. The Hall–Kier alpha value is -2.36. The number of fused-ring (bicyclic) bond motifs is 1. The van der Waals surface area contributed by atoms with Crippen molar-refractivity contribution < 1.29 is 9.90 Å². The molecule has 3 heterocycles. The number of piperazine rings is 1. The van der Waals surface area contributed by atoms with Crippen LogP contribution in [-0.4, -0.2) is 75.7 Å². The van der Waals surface area contributed by atoms with Gasteiger partial charge in [0.25, 0.3) is 0 Å². The first kappa shape index (κ1) is 18.0. The fourth-order valence-electron chi connectivity index (χ4n) is 3.24. The maximum Gasteiger partial charge on any atom is 0.332 e. The van der Waals surface area contributed by atoms with Crippen molar-refractivity contribution in [1.29, 1.82) is 0 Å². The molecule has 2 amide bonds. The Labute approximate surface area is 162 Å². The van der Waals surface area contributed by atoms with Gasteiger partial charge < -0.3 is 15.3 Å². The van der Waals surface area contributed by atoms with Crippen LogP contribution in [0, 0.1) is 0 Å². The monoisotopic (exact) mass is 386 g/mol. The highest BCUT2D eigenvalue weighted by Crippen LogP contribution is 2.34. The molecule has 2 aromatic rings. The Morgan fingerprint density at radius 2 is 1.81 bits per heavy atom. The number of urea groups is 1. The van der Waals surface area contributed by atoms with E-state index in [0.29, 0.717) is 6.54 Å². The van der Waals surface area contributed by atoms with Crippen molar-refractivity contribution in [3.05, 3.63) is 42.7 Å². The summed E-state index contributed by atoms with van der Waals surface area (Å²) in [6, 6.07) is 9.29. The van der Waals surface area contributed by atoms with Crippen molar-refractivity contribution in [3.8, 4) is 0 Å². The average molecular weight is 386 g/mol. The zero-order valence-electron chi connectivity index (χ0n) is 14.9. The lowest BCUT2D eigenvalue weighted by atomic mass is 10.2. The second kappa shape index (κ2) is 8.12. The number of amides is 2. The molecule has 0 radical (unpaired) electrons. The molecule has 0 spiro atoms. The van der Waals surface area contributed by atoms with Crippen LogP contribution in [0.4, 0.5) is 16.4 Å². The van der Waals surface area contributed by atoms with Crippen LogP contribution in [0.15, 0.2) is 47.6 Å². The minimum atomic E-state index is -0.604. The van der Waals surface area contributed by atoms with E-state index < -0.39 is 6.10 Å². The maximum atomic E-state index is 12.2. The first-order chi connectivity index (χ1) is 13.2. The third-order valence-corrected chi connectivity index (χ3v) is 5.70. The molecule has 2 aliphatic heterocycles. The molecule has 4 rings (SSSR count). The van der Waals surface area contributed by atoms with Crippen LogP contribution in [0.3, 0.4) is 0 Å². The number of β-amino-alcohol motifs (C(OH)–C–C–N with tert-alkyl or cyclic N) is 1. The number of hydrogen-bond acceptors (Lipinski definition) is 7. The number of aliphatic hydroxyl groups is 1. The fourth-order valence-corrected chi connectivity index (χ4v) is 4.21. The average Bonchev–Trinajstić information content (AvgIpc) is 2.70. The molecule has 2 aliphatic rings. The molecule has 27 heavy (non-hydrogen) atoms. The Kier molecular flexibility index (Phi) is 5.42. The van der Waals surface area contributed by atoms with E-state index in [1.165, 1.54) is 11.9 Å². The number of hydrogen-bond donors (Lipinski definition) is 2. The van der Waals surface area contributed by atoms with Gasteiger partial charge in [0, 0.05) is 45.1 Å². The van der Waals surface area contributed by atoms with Gasteiger partial charge in [0.15, 0.2) is 0 Å². The summed E-state index contributed by atoms with van der Waals surface area (Å²) >= 11 is 1.37. The fraction of sp³-hybridized carbons (Fsp3) is 0.389. The molecule has 1 saturated heterocycles. The Morgan fingerprint density at radius 1 is 1.07 bits per heavy atom. The molecule has 2 N–H and O–H groups in total. The topological polar surface area (TPSA) is 84.8 Å². The predicted octanol–water partition coefficient (Wildman–Crippen LogP) is 1.51. The third kappa shape index (κ3) is 4.32. The summed E-state index contributed by atoms with van der Waals surface area (Å²) in [4.78, 5) is 26.2. The quantitative estimate of drug-likeness (QED) is 0.754. The summed E-state index contributed by atoms with van der Waals surface area (Å²) in [5.41, 5.74) is 0.817. The molecule has 0 bridgehead atoms. The van der Waals surface area contributed by atoms with Crippen molar-refractivity contribution in [3.63, 3.8) is 0 Å². The second-order valence-electron chi connectivity index (χ2n) is 6.57. The Bertz CT molecular complexity index is 784. The minimum absolute atomic E-state index is 0.191. The van der Waals surface area contributed by atoms with Crippen LogP contribution in [-0.2, 0) is 0 Å². The van der Waals surface area contributed by atoms with Crippen molar-refractivity contribution in [2.75, 3.05) is 49.5 Å². The van der Waals surface area contributed by atoms with Gasteiger partial charge in [0.2, 0.25) is 5.95 Å². The maximum absolute atomic E-state index is 12.2. The number of anilines is 2.